The summed E-state index contributed by atoms with van der Waals surface area (Å²) < 4.78 is 25.6. The Labute approximate surface area is 117 Å². The number of aliphatic carboxylic acids is 1. The minimum absolute atomic E-state index is 0.130. The van der Waals surface area contributed by atoms with Crippen LogP contribution in [0.5, 0.6) is 0 Å². The monoisotopic (exact) mass is 305 g/mol. The highest BCUT2D eigenvalue weighted by atomic mass is 32.2. The van der Waals surface area contributed by atoms with Crippen LogP contribution in [0.25, 0.3) is 0 Å². The van der Waals surface area contributed by atoms with Gasteiger partial charge in [0.1, 0.15) is 10.3 Å². The van der Waals surface area contributed by atoms with Gasteiger partial charge >= 0.3 is 5.97 Å². The van der Waals surface area contributed by atoms with E-state index in [1.807, 2.05) is 20.8 Å². The Kier molecular flexibility index (Phi) is 4.44. The molecule has 0 saturated heterocycles. The Morgan fingerprint density at radius 2 is 1.89 bits per heavy atom. The molecule has 1 N–H and O–H groups in total. The number of thiophene rings is 1. The van der Waals surface area contributed by atoms with E-state index >= 15 is 0 Å². The van der Waals surface area contributed by atoms with E-state index in [0.717, 1.165) is 9.18 Å². The van der Waals surface area contributed by atoms with Crippen molar-refractivity contribution in [2.45, 2.75) is 43.4 Å². The van der Waals surface area contributed by atoms with Gasteiger partial charge in [0, 0.05) is 11.9 Å². The number of hydrogen-bond donors (Lipinski definition) is 1. The molecule has 0 amide bonds. The van der Waals surface area contributed by atoms with Crippen molar-refractivity contribution in [2.75, 3.05) is 7.05 Å². The van der Waals surface area contributed by atoms with Crippen LogP contribution in [0, 0.1) is 0 Å². The van der Waals surface area contributed by atoms with Gasteiger partial charge in [-0.25, -0.2) is 8.42 Å². The number of carboxylic acid groups (broad SMARTS) is 1. The van der Waals surface area contributed by atoms with Crippen LogP contribution in [0.2, 0.25) is 0 Å². The van der Waals surface area contributed by atoms with E-state index in [-0.39, 0.29) is 9.62 Å². The fraction of sp³-hybridized carbons (Fsp3) is 0.583. The van der Waals surface area contributed by atoms with E-state index in [1.54, 1.807) is 6.07 Å². The van der Waals surface area contributed by atoms with E-state index in [0.29, 0.717) is 0 Å². The first kappa shape index (κ1) is 16.1. The molecule has 1 aromatic rings. The van der Waals surface area contributed by atoms with Gasteiger partial charge < -0.3 is 5.11 Å². The lowest BCUT2D eigenvalue weighted by Gasteiger charge is -2.20. The lowest BCUT2D eigenvalue weighted by atomic mass is 9.95. The van der Waals surface area contributed by atoms with Crippen molar-refractivity contribution >= 4 is 27.3 Å². The maximum atomic E-state index is 12.3. The topological polar surface area (TPSA) is 74.7 Å². The van der Waals surface area contributed by atoms with Crippen molar-refractivity contribution in [3.8, 4) is 0 Å². The van der Waals surface area contributed by atoms with Crippen molar-refractivity contribution in [1.82, 2.24) is 4.31 Å². The lowest BCUT2D eigenvalue weighted by molar-refractivity contribution is -0.140. The molecule has 0 aliphatic carbocycles. The van der Waals surface area contributed by atoms with Gasteiger partial charge in [0.15, 0.2) is 0 Å². The number of sulfonamides is 1. The van der Waals surface area contributed by atoms with Crippen LogP contribution in [0.4, 0.5) is 0 Å². The molecule has 0 aliphatic heterocycles. The average molecular weight is 305 g/mol. The molecule has 0 aromatic carbocycles. The highest BCUT2D eigenvalue weighted by Crippen LogP contribution is 2.33. The molecule has 1 rings (SSSR count). The first-order valence-corrected chi connectivity index (χ1v) is 8.04. The van der Waals surface area contributed by atoms with Crippen LogP contribution in [-0.2, 0) is 20.2 Å². The molecule has 0 saturated carbocycles. The first-order valence-electron chi connectivity index (χ1n) is 5.79. The van der Waals surface area contributed by atoms with Crippen LogP contribution in [0.1, 0.15) is 32.6 Å². The van der Waals surface area contributed by atoms with Gasteiger partial charge in [0.05, 0.1) is 0 Å². The molecule has 19 heavy (non-hydrogen) atoms. The fourth-order valence-electron chi connectivity index (χ4n) is 1.37. The smallest absolute Gasteiger partial charge is 0.321 e. The maximum Gasteiger partial charge on any atom is 0.321 e. The highest BCUT2D eigenvalue weighted by molar-refractivity contribution is 7.91. The number of nitrogens with zero attached hydrogens (tertiary/aromatic N) is 1. The van der Waals surface area contributed by atoms with E-state index in [9.17, 15) is 13.2 Å². The average Bonchev–Trinajstić information content (AvgIpc) is 2.76. The van der Waals surface area contributed by atoms with Crippen molar-refractivity contribution < 1.29 is 18.3 Å². The molecule has 0 spiro atoms. The fourth-order valence-corrected chi connectivity index (χ4v) is 4.24. The second kappa shape index (κ2) is 5.22. The Balaban J connectivity index is 3.15. The van der Waals surface area contributed by atoms with Gasteiger partial charge in [-0.15, -0.1) is 11.3 Å². The summed E-state index contributed by atoms with van der Waals surface area (Å²) in [4.78, 5) is 11.8. The van der Waals surface area contributed by atoms with E-state index in [2.05, 4.69) is 0 Å². The Hall–Kier alpha value is -0.920. The number of likely N-dealkylation sites (N-methyl/N-ethyl adjacent to an activating group) is 1. The molecule has 7 heteroatoms. The third-order valence-electron chi connectivity index (χ3n) is 2.86. The van der Waals surface area contributed by atoms with Crippen molar-refractivity contribution in [3.05, 3.63) is 17.0 Å². The second-order valence-electron chi connectivity index (χ2n) is 5.40. The number of rotatable bonds is 4. The van der Waals surface area contributed by atoms with Gasteiger partial charge in [-0.1, -0.05) is 20.8 Å². The SMILES string of the molecule is CC(C(=O)O)N(C)S(=O)(=O)c1ccc(C(C)(C)C)s1. The van der Waals surface area contributed by atoms with Gasteiger partial charge in [-0.2, -0.15) is 4.31 Å². The Morgan fingerprint density at radius 1 is 1.37 bits per heavy atom. The van der Waals surface area contributed by atoms with Gasteiger partial charge in [0.25, 0.3) is 10.0 Å². The predicted molar refractivity (Wildman–Crippen MR) is 75.1 cm³/mol. The maximum absolute atomic E-state index is 12.3. The van der Waals surface area contributed by atoms with Crippen molar-refractivity contribution in [2.24, 2.45) is 0 Å². The normalized spacial score (nSPS) is 14.6. The molecule has 5 nitrogen and oxygen atoms in total. The van der Waals surface area contributed by atoms with E-state index in [4.69, 9.17) is 5.11 Å². The summed E-state index contributed by atoms with van der Waals surface area (Å²) in [5.74, 6) is -1.17. The molecule has 1 heterocycles. The third kappa shape index (κ3) is 3.34. The number of carbonyl (C=O) groups is 1. The lowest BCUT2D eigenvalue weighted by Crippen LogP contribution is -2.39. The Morgan fingerprint density at radius 3 is 2.26 bits per heavy atom. The molecule has 0 radical (unpaired) electrons. The highest BCUT2D eigenvalue weighted by Gasteiger charge is 2.31. The zero-order valence-electron chi connectivity index (χ0n) is 11.7. The predicted octanol–water partition coefficient (Wildman–Crippen LogP) is 2.14. The zero-order chi connectivity index (χ0) is 15.0. The van der Waals surface area contributed by atoms with E-state index < -0.39 is 22.0 Å². The third-order valence-corrected chi connectivity index (χ3v) is 6.76. The summed E-state index contributed by atoms with van der Waals surface area (Å²) in [6.45, 7) is 7.34. The minimum atomic E-state index is -3.75. The second-order valence-corrected chi connectivity index (χ2v) is 8.71. The van der Waals surface area contributed by atoms with Crippen LogP contribution >= 0.6 is 11.3 Å². The molecule has 0 fully saturated rings. The Bertz CT molecular complexity index is 569. The van der Waals surface area contributed by atoms with Gasteiger partial charge in [-0.05, 0) is 24.5 Å². The summed E-state index contributed by atoms with van der Waals surface area (Å²) in [5, 5.41) is 8.89. The summed E-state index contributed by atoms with van der Waals surface area (Å²) >= 11 is 1.18. The molecule has 1 aromatic heterocycles. The standard InChI is InChI=1S/C12H19NO4S2/c1-8(11(14)15)13(5)19(16,17)10-7-6-9(18-10)12(2,3)4/h6-8H,1-5H3,(H,14,15). The van der Waals surface area contributed by atoms with Gasteiger partial charge in [0.2, 0.25) is 0 Å². The summed E-state index contributed by atoms with van der Waals surface area (Å²) in [6.07, 6.45) is 0. The molecule has 0 bridgehead atoms. The van der Waals surface area contributed by atoms with Gasteiger partial charge in [-0.3, -0.25) is 4.79 Å². The molecular weight excluding hydrogens is 286 g/mol. The molecule has 0 aliphatic rings. The van der Waals surface area contributed by atoms with Crippen LogP contribution < -0.4 is 0 Å². The van der Waals surface area contributed by atoms with E-state index in [1.165, 1.54) is 31.4 Å². The molecule has 1 atom stereocenters. The first-order chi connectivity index (χ1) is 8.48. The largest absolute Gasteiger partial charge is 0.480 e. The molecular formula is C12H19NO4S2. The minimum Gasteiger partial charge on any atom is -0.480 e. The quantitative estimate of drug-likeness (QED) is 0.925. The van der Waals surface area contributed by atoms with Crippen molar-refractivity contribution in [1.29, 1.82) is 0 Å². The van der Waals surface area contributed by atoms with Crippen molar-refractivity contribution in [3.63, 3.8) is 0 Å². The van der Waals surface area contributed by atoms with Crippen LogP contribution in [0.15, 0.2) is 16.3 Å². The molecule has 108 valence electrons. The summed E-state index contributed by atoms with van der Waals surface area (Å²) in [6, 6.07) is 2.22. The summed E-state index contributed by atoms with van der Waals surface area (Å²) in [7, 11) is -2.47. The van der Waals surface area contributed by atoms with Crippen LogP contribution in [-0.4, -0.2) is 36.9 Å². The summed E-state index contributed by atoms with van der Waals surface area (Å²) in [5.41, 5.74) is -0.130. The van der Waals surface area contributed by atoms with Crippen LogP contribution in [0.3, 0.4) is 0 Å². The zero-order valence-corrected chi connectivity index (χ0v) is 13.3. The number of carboxylic acids is 1. The molecule has 1 unspecified atom stereocenters. The number of hydrogen-bond acceptors (Lipinski definition) is 4.